The van der Waals surface area contributed by atoms with E-state index in [0.29, 0.717) is 16.5 Å². The Morgan fingerprint density at radius 2 is 2.19 bits per heavy atom. The molecule has 1 aliphatic rings. The Morgan fingerprint density at radius 3 is 2.81 bits per heavy atom. The maximum Gasteiger partial charge on any atom is 0.119 e. The lowest BCUT2D eigenvalue weighted by atomic mass is 10.0. The van der Waals surface area contributed by atoms with Gasteiger partial charge in [-0.1, -0.05) is 29.3 Å². The summed E-state index contributed by atoms with van der Waals surface area (Å²) in [5.41, 5.74) is 0.899. The second kappa shape index (κ2) is 5.35. The first-order valence-corrected chi connectivity index (χ1v) is 6.24. The number of hydrogen-bond donors (Lipinski definition) is 1. The van der Waals surface area contributed by atoms with Crippen molar-refractivity contribution in [2.45, 2.75) is 31.5 Å². The molecule has 2 atom stereocenters. The van der Waals surface area contributed by atoms with E-state index in [4.69, 9.17) is 23.2 Å². The Morgan fingerprint density at radius 1 is 1.38 bits per heavy atom. The minimum absolute atomic E-state index is 0.00514. The Hall–Kier alpha value is -0.310. The van der Waals surface area contributed by atoms with E-state index in [1.807, 2.05) is 6.07 Å². The molecule has 2 unspecified atom stereocenters. The third kappa shape index (κ3) is 2.88. The van der Waals surface area contributed by atoms with Crippen LogP contribution < -0.4 is 5.32 Å². The second-order valence-electron chi connectivity index (χ2n) is 4.17. The van der Waals surface area contributed by atoms with Gasteiger partial charge in [-0.05, 0) is 37.1 Å². The molecule has 0 amide bonds. The van der Waals surface area contributed by atoms with Gasteiger partial charge < -0.3 is 5.32 Å². The number of nitrogens with one attached hydrogen (secondary N) is 1. The van der Waals surface area contributed by atoms with Gasteiger partial charge in [-0.25, -0.2) is 4.39 Å². The Kier molecular flexibility index (Phi) is 4.06. The molecule has 2 rings (SSSR count). The zero-order valence-electron chi connectivity index (χ0n) is 8.85. The van der Waals surface area contributed by atoms with Crippen LogP contribution in [0.1, 0.15) is 18.4 Å². The molecular weight excluding hydrogens is 248 g/mol. The van der Waals surface area contributed by atoms with Crippen molar-refractivity contribution in [1.82, 2.24) is 5.32 Å². The summed E-state index contributed by atoms with van der Waals surface area (Å²) in [6, 6.07) is 5.28. The van der Waals surface area contributed by atoms with E-state index in [-0.39, 0.29) is 6.04 Å². The van der Waals surface area contributed by atoms with Crippen LogP contribution in [-0.2, 0) is 6.42 Å². The molecule has 0 bridgehead atoms. The van der Waals surface area contributed by atoms with E-state index in [0.717, 1.165) is 24.9 Å². The molecule has 1 nitrogen and oxygen atoms in total. The molecule has 1 heterocycles. The molecule has 1 aliphatic heterocycles. The van der Waals surface area contributed by atoms with Gasteiger partial charge in [-0.15, -0.1) is 0 Å². The maximum absolute atomic E-state index is 13.9. The Balaban J connectivity index is 1.99. The number of halogens is 3. The predicted molar refractivity (Wildman–Crippen MR) is 66.1 cm³/mol. The van der Waals surface area contributed by atoms with E-state index in [1.165, 1.54) is 0 Å². The first-order valence-electron chi connectivity index (χ1n) is 5.48. The Labute approximate surface area is 105 Å². The van der Waals surface area contributed by atoms with Crippen molar-refractivity contribution in [1.29, 1.82) is 0 Å². The molecule has 1 saturated heterocycles. The van der Waals surface area contributed by atoms with Gasteiger partial charge in [0.25, 0.3) is 0 Å². The summed E-state index contributed by atoms with van der Waals surface area (Å²) in [7, 11) is 0. The van der Waals surface area contributed by atoms with Crippen LogP contribution in [0.4, 0.5) is 4.39 Å². The van der Waals surface area contributed by atoms with Crippen LogP contribution in [0.3, 0.4) is 0 Å². The third-order valence-electron chi connectivity index (χ3n) is 2.95. The van der Waals surface area contributed by atoms with Gasteiger partial charge in [0, 0.05) is 12.5 Å². The summed E-state index contributed by atoms with van der Waals surface area (Å²) < 4.78 is 13.9. The lowest BCUT2D eigenvalue weighted by Crippen LogP contribution is -2.33. The van der Waals surface area contributed by atoms with E-state index >= 15 is 0 Å². The number of alkyl halides is 1. The average molecular weight is 262 g/mol. The SMILES string of the molecule is FC(Cc1ccc(Cl)c(Cl)c1)C1CCCN1. The largest absolute Gasteiger partial charge is 0.311 e. The summed E-state index contributed by atoms with van der Waals surface area (Å²) in [5.74, 6) is 0. The molecule has 0 aliphatic carbocycles. The molecule has 1 N–H and O–H groups in total. The zero-order chi connectivity index (χ0) is 11.5. The molecule has 0 spiro atoms. The topological polar surface area (TPSA) is 12.0 Å². The van der Waals surface area contributed by atoms with Gasteiger partial charge in [-0.3, -0.25) is 0 Å². The van der Waals surface area contributed by atoms with Crippen LogP contribution in [0, 0.1) is 0 Å². The molecule has 16 heavy (non-hydrogen) atoms. The average Bonchev–Trinajstić information content (AvgIpc) is 2.77. The fourth-order valence-corrected chi connectivity index (χ4v) is 2.37. The summed E-state index contributed by atoms with van der Waals surface area (Å²) in [5, 5.41) is 4.17. The van der Waals surface area contributed by atoms with Crippen LogP contribution in [0.2, 0.25) is 10.0 Å². The predicted octanol–water partition coefficient (Wildman–Crippen LogP) is 3.63. The van der Waals surface area contributed by atoms with E-state index in [9.17, 15) is 4.39 Å². The molecule has 1 fully saturated rings. The maximum atomic E-state index is 13.9. The van der Waals surface area contributed by atoms with Crippen LogP contribution >= 0.6 is 23.2 Å². The fraction of sp³-hybridized carbons (Fsp3) is 0.500. The fourth-order valence-electron chi connectivity index (χ4n) is 2.05. The van der Waals surface area contributed by atoms with Gasteiger partial charge >= 0.3 is 0 Å². The summed E-state index contributed by atoms with van der Waals surface area (Å²) in [6.45, 7) is 0.923. The van der Waals surface area contributed by atoms with Crippen LogP contribution in [0.15, 0.2) is 18.2 Å². The minimum Gasteiger partial charge on any atom is -0.311 e. The monoisotopic (exact) mass is 261 g/mol. The first-order chi connectivity index (χ1) is 7.66. The highest BCUT2D eigenvalue weighted by atomic mass is 35.5. The molecule has 4 heteroatoms. The van der Waals surface area contributed by atoms with E-state index < -0.39 is 6.17 Å². The minimum atomic E-state index is -0.847. The molecule has 1 aromatic carbocycles. The quantitative estimate of drug-likeness (QED) is 0.877. The van der Waals surface area contributed by atoms with Crippen molar-refractivity contribution < 1.29 is 4.39 Å². The number of benzene rings is 1. The second-order valence-corrected chi connectivity index (χ2v) is 4.99. The molecule has 0 saturated carbocycles. The number of rotatable bonds is 3. The molecule has 0 radical (unpaired) electrons. The van der Waals surface area contributed by atoms with Gasteiger partial charge in [0.05, 0.1) is 10.0 Å². The van der Waals surface area contributed by atoms with Crippen molar-refractivity contribution >= 4 is 23.2 Å². The highest BCUT2D eigenvalue weighted by Crippen LogP contribution is 2.24. The summed E-state index contributed by atoms with van der Waals surface area (Å²) >= 11 is 11.7. The molecule has 88 valence electrons. The highest BCUT2D eigenvalue weighted by Gasteiger charge is 2.24. The van der Waals surface area contributed by atoms with Crippen molar-refractivity contribution in [3.63, 3.8) is 0 Å². The van der Waals surface area contributed by atoms with Crippen molar-refractivity contribution in [3.05, 3.63) is 33.8 Å². The van der Waals surface area contributed by atoms with Crippen LogP contribution in [0.25, 0.3) is 0 Å². The van der Waals surface area contributed by atoms with Gasteiger partial charge in [-0.2, -0.15) is 0 Å². The number of hydrogen-bond acceptors (Lipinski definition) is 1. The zero-order valence-corrected chi connectivity index (χ0v) is 10.4. The summed E-state index contributed by atoms with van der Waals surface area (Å²) in [6.07, 6.45) is 1.53. The molecule has 1 aromatic rings. The van der Waals surface area contributed by atoms with E-state index in [2.05, 4.69) is 5.32 Å². The first kappa shape index (κ1) is 12.2. The van der Waals surface area contributed by atoms with E-state index in [1.54, 1.807) is 12.1 Å². The Bertz CT molecular complexity index is 364. The lowest BCUT2D eigenvalue weighted by Gasteiger charge is -2.16. The van der Waals surface area contributed by atoms with Crippen molar-refractivity contribution in [2.24, 2.45) is 0 Å². The van der Waals surface area contributed by atoms with Crippen molar-refractivity contribution in [2.75, 3.05) is 6.54 Å². The van der Waals surface area contributed by atoms with Crippen molar-refractivity contribution in [3.8, 4) is 0 Å². The molecular formula is C12H14Cl2FN. The highest BCUT2D eigenvalue weighted by molar-refractivity contribution is 6.42. The standard InChI is InChI=1S/C12H14Cl2FN/c13-9-4-3-8(6-10(9)14)7-11(15)12-2-1-5-16-12/h3-4,6,11-12,16H,1-2,5,7H2. The van der Waals surface area contributed by atoms with Gasteiger partial charge in [0.2, 0.25) is 0 Å². The summed E-state index contributed by atoms with van der Waals surface area (Å²) in [4.78, 5) is 0. The smallest absolute Gasteiger partial charge is 0.119 e. The van der Waals surface area contributed by atoms with Crippen LogP contribution in [-0.4, -0.2) is 18.8 Å². The van der Waals surface area contributed by atoms with Gasteiger partial charge in [0.15, 0.2) is 0 Å². The van der Waals surface area contributed by atoms with Crippen LogP contribution in [0.5, 0.6) is 0 Å². The van der Waals surface area contributed by atoms with Gasteiger partial charge in [0.1, 0.15) is 6.17 Å². The third-order valence-corrected chi connectivity index (χ3v) is 3.69. The molecule has 0 aromatic heterocycles. The normalized spacial score (nSPS) is 22.3. The lowest BCUT2D eigenvalue weighted by molar-refractivity contribution is 0.264.